The highest BCUT2D eigenvalue weighted by atomic mass is 79.9. The van der Waals surface area contributed by atoms with Crippen molar-refractivity contribution in [1.29, 1.82) is 0 Å². The first kappa shape index (κ1) is 19.1. The van der Waals surface area contributed by atoms with Gasteiger partial charge < -0.3 is 15.2 Å². The number of halogens is 3. The van der Waals surface area contributed by atoms with E-state index >= 15 is 0 Å². The molecule has 1 aliphatic heterocycles. The molecule has 5 nitrogen and oxygen atoms in total. The van der Waals surface area contributed by atoms with Crippen molar-refractivity contribution >= 4 is 73.7 Å². The van der Waals surface area contributed by atoms with Gasteiger partial charge in [0.2, 0.25) is 0 Å². The summed E-state index contributed by atoms with van der Waals surface area (Å²) < 4.78 is 5.73. The van der Waals surface area contributed by atoms with E-state index in [0.717, 1.165) is 0 Å². The van der Waals surface area contributed by atoms with E-state index in [0.29, 0.717) is 41.6 Å². The lowest BCUT2D eigenvalue weighted by atomic mass is 10.2. The summed E-state index contributed by atoms with van der Waals surface area (Å²) in [7, 11) is 1.46. The summed E-state index contributed by atoms with van der Waals surface area (Å²) in [5, 5.41) is 13.8. The molecule has 26 heavy (non-hydrogen) atoms. The fraction of sp³-hybridized carbons (Fsp3) is 0.0588. The van der Waals surface area contributed by atoms with Crippen LogP contribution in [0.1, 0.15) is 5.56 Å². The Balaban J connectivity index is 1.90. The molecule has 0 atom stereocenters. The van der Waals surface area contributed by atoms with Crippen LogP contribution in [-0.4, -0.2) is 23.3 Å². The van der Waals surface area contributed by atoms with E-state index in [-0.39, 0.29) is 11.7 Å². The first-order valence-corrected chi connectivity index (χ1v) is 9.55. The molecule has 1 amide bonds. The topological polar surface area (TPSA) is 70.9 Å². The number of methoxy groups -OCH3 is 1. The van der Waals surface area contributed by atoms with Crippen molar-refractivity contribution in [2.75, 3.05) is 7.11 Å². The van der Waals surface area contributed by atoms with Gasteiger partial charge in [0.1, 0.15) is 0 Å². The summed E-state index contributed by atoms with van der Waals surface area (Å²) in [4.78, 5) is 17.0. The van der Waals surface area contributed by atoms with Crippen LogP contribution in [0.3, 0.4) is 0 Å². The number of aliphatic imine (C=N–C) groups is 1. The zero-order valence-electron chi connectivity index (χ0n) is 13.2. The Morgan fingerprint density at radius 1 is 1.31 bits per heavy atom. The summed E-state index contributed by atoms with van der Waals surface area (Å²) in [6.07, 6.45) is 1.68. The Kier molecular flexibility index (Phi) is 5.82. The number of phenols is 1. The van der Waals surface area contributed by atoms with Gasteiger partial charge >= 0.3 is 0 Å². The number of carbonyl (C=O) groups excluding carboxylic acids is 1. The Hall–Kier alpha value is -1.67. The minimum atomic E-state index is -0.280. The summed E-state index contributed by atoms with van der Waals surface area (Å²) >= 11 is 16.5. The minimum absolute atomic E-state index is 0.00434. The summed E-state index contributed by atoms with van der Waals surface area (Å²) in [6.45, 7) is 0. The van der Waals surface area contributed by atoms with E-state index in [1.807, 2.05) is 0 Å². The smallest absolute Gasteiger partial charge is 0.264 e. The second-order valence-corrected chi connectivity index (χ2v) is 7.85. The van der Waals surface area contributed by atoms with Gasteiger partial charge in [-0.1, -0.05) is 39.1 Å². The van der Waals surface area contributed by atoms with E-state index in [1.54, 1.807) is 30.3 Å². The van der Waals surface area contributed by atoms with E-state index in [2.05, 4.69) is 26.2 Å². The molecule has 2 aromatic carbocycles. The number of benzene rings is 2. The number of nitrogens with one attached hydrogen (secondary N) is 1. The Labute approximate surface area is 172 Å². The lowest BCUT2D eigenvalue weighted by Gasteiger charge is -2.06. The van der Waals surface area contributed by atoms with Crippen LogP contribution >= 0.6 is 50.9 Å². The number of thioether (sulfide) groups is 1. The van der Waals surface area contributed by atoms with Crippen LogP contribution in [0.4, 0.5) is 5.69 Å². The molecule has 1 aliphatic rings. The number of amides is 1. The minimum Gasteiger partial charge on any atom is -0.504 e. The third-order valence-electron chi connectivity index (χ3n) is 3.37. The number of hydrogen-bond acceptors (Lipinski definition) is 5. The van der Waals surface area contributed by atoms with Gasteiger partial charge in [0.05, 0.1) is 22.7 Å². The summed E-state index contributed by atoms with van der Waals surface area (Å²) in [6, 6.07) is 8.07. The first-order valence-electron chi connectivity index (χ1n) is 7.18. The maximum Gasteiger partial charge on any atom is 0.264 e. The third kappa shape index (κ3) is 4.17. The lowest BCUT2D eigenvalue weighted by molar-refractivity contribution is -0.115. The molecule has 2 N–H and O–H groups in total. The number of phenolic OH excluding ortho intramolecular Hbond substituents is 1. The first-order chi connectivity index (χ1) is 12.4. The monoisotopic (exact) mass is 472 g/mol. The highest BCUT2D eigenvalue weighted by molar-refractivity contribution is 9.10. The van der Waals surface area contributed by atoms with Crippen LogP contribution < -0.4 is 10.1 Å². The Bertz CT molecular complexity index is 963. The van der Waals surface area contributed by atoms with Gasteiger partial charge in [-0.05, 0) is 53.7 Å². The largest absolute Gasteiger partial charge is 0.504 e. The number of nitrogens with zero attached hydrogens (tertiary/aromatic N) is 1. The molecular weight excluding hydrogens is 463 g/mol. The van der Waals surface area contributed by atoms with Crippen molar-refractivity contribution < 1.29 is 14.6 Å². The number of carbonyl (C=O) groups is 1. The van der Waals surface area contributed by atoms with Crippen LogP contribution in [0.5, 0.6) is 11.5 Å². The fourth-order valence-corrected chi connectivity index (χ4v) is 3.86. The van der Waals surface area contributed by atoms with Crippen molar-refractivity contribution in [3.63, 3.8) is 0 Å². The molecule has 2 aromatic rings. The average molecular weight is 474 g/mol. The molecule has 1 saturated heterocycles. The van der Waals surface area contributed by atoms with Gasteiger partial charge in [-0.3, -0.25) is 4.79 Å². The zero-order chi connectivity index (χ0) is 18.8. The number of ether oxygens (including phenoxy) is 1. The van der Waals surface area contributed by atoms with Gasteiger partial charge in [0, 0.05) is 9.50 Å². The standard InChI is InChI=1S/C17H11BrCl2N2O3S/c1-25-14-4-8(10(18)7-13(14)23)5-15-16(24)22-17(26-15)21-12-3-2-9(19)6-11(12)20/h2-7,23H,1H3,(H,21,22,24)/b15-5-. The normalized spacial score (nSPS) is 17.0. The predicted octanol–water partition coefficient (Wildman–Crippen LogP) is 5.36. The van der Waals surface area contributed by atoms with Crippen molar-refractivity contribution in [3.05, 3.63) is 55.3 Å². The third-order valence-corrected chi connectivity index (χ3v) is 5.50. The molecule has 0 spiro atoms. The van der Waals surface area contributed by atoms with Gasteiger partial charge in [0.25, 0.3) is 5.91 Å². The molecule has 9 heteroatoms. The second-order valence-electron chi connectivity index (χ2n) is 5.12. The van der Waals surface area contributed by atoms with Crippen LogP contribution in [0, 0.1) is 0 Å². The number of rotatable bonds is 3. The SMILES string of the molecule is COc1cc(/C=C2\SC(=Nc3ccc(Cl)cc3Cl)NC2=O)c(Br)cc1O. The highest BCUT2D eigenvalue weighted by Gasteiger charge is 2.24. The Morgan fingerprint density at radius 2 is 2.08 bits per heavy atom. The molecule has 1 fully saturated rings. The van der Waals surface area contributed by atoms with E-state index in [9.17, 15) is 9.90 Å². The van der Waals surface area contributed by atoms with E-state index < -0.39 is 0 Å². The maximum atomic E-state index is 12.2. The number of aromatic hydroxyl groups is 1. The molecule has 0 aromatic heterocycles. The van der Waals surface area contributed by atoms with Gasteiger partial charge in [-0.2, -0.15) is 0 Å². The molecule has 134 valence electrons. The maximum absolute atomic E-state index is 12.2. The molecule has 1 heterocycles. The van der Waals surface area contributed by atoms with E-state index in [1.165, 1.54) is 24.9 Å². The van der Waals surface area contributed by atoms with Crippen LogP contribution in [0.15, 0.2) is 44.7 Å². The van der Waals surface area contributed by atoms with Crippen molar-refractivity contribution in [2.45, 2.75) is 0 Å². The second kappa shape index (κ2) is 7.92. The summed E-state index contributed by atoms with van der Waals surface area (Å²) in [5.74, 6) is 0.0350. The average Bonchev–Trinajstić information content (AvgIpc) is 2.92. The van der Waals surface area contributed by atoms with Gasteiger partial charge in [0.15, 0.2) is 16.7 Å². The van der Waals surface area contributed by atoms with Crippen LogP contribution in [-0.2, 0) is 4.79 Å². The van der Waals surface area contributed by atoms with E-state index in [4.69, 9.17) is 27.9 Å². The molecule has 0 bridgehead atoms. The predicted molar refractivity (Wildman–Crippen MR) is 110 cm³/mol. The van der Waals surface area contributed by atoms with Gasteiger partial charge in [-0.25, -0.2) is 4.99 Å². The van der Waals surface area contributed by atoms with Crippen molar-refractivity contribution in [2.24, 2.45) is 4.99 Å². The molecule has 0 unspecified atom stereocenters. The molecule has 0 saturated carbocycles. The number of amidine groups is 1. The lowest BCUT2D eigenvalue weighted by Crippen LogP contribution is -2.19. The van der Waals surface area contributed by atoms with Gasteiger partial charge in [-0.15, -0.1) is 0 Å². The summed E-state index contributed by atoms with van der Waals surface area (Å²) in [5.41, 5.74) is 1.19. The molecular formula is C17H11BrCl2N2O3S. The van der Waals surface area contributed by atoms with Crippen LogP contribution in [0.25, 0.3) is 6.08 Å². The number of hydrogen-bond donors (Lipinski definition) is 2. The quantitative estimate of drug-likeness (QED) is 0.588. The molecule has 0 radical (unpaired) electrons. The zero-order valence-corrected chi connectivity index (χ0v) is 17.1. The van der Waals surface area contributed by atoms with Crippen LogP contribution in [0.2, 0.25) is 10.0 Å². The fourth-order valence-electron chi connectivity index (χ4n) is 2.14. The molecule has 3 rings (SSSR count). The van der Waals surface area contributed by atoms with Crippen molar-refractivity contribution in [3.8, 4) is 11.5 Å². The van der Waals surface area contributed by atoms with Crippen molar-refractivity contribution in [1.82, 2.24) is 5.32 Å². The highest BCUT2D eigenvalue weighted by Crippen LogP contribution is 2.36. The Morgan fingerprint density at radius 3 is 2.77 bits per heavy atom. The molecule has 0 aliphatic carbocycles.